The first-order valence-electron chi connectivity index (χ1n) is 11.5. The van der Waals surface area contributed by atoms with Crippen LogP contribution in [0, 0.1) is 11.3 Å². The van der Waals surface area contributed by atoms with Crippen LogP contribution in [0.15, 0.2) is 103 Å². The van der Waals surface area contributed by atoms with E-state index >= 15 is 0 Å². The minimum atomic E-state index is -0.873. The number of hydrogen-bond acceptors (Lipinski definition) is 8. The van der Waals surface area contributed by atoms with E-state index in [2.05, 4.69) is 6.07 Å². The van der Waals surface area contributed by atoms with Crippen molar-refractivity contribution in [3.8, 4) is 17.6 Å². The third kappa shape index (κ3) is 4.02. The predicted octanol–water partition coefficient (Wildman–Crippen LogP) is 6.37. The van der Waals surface area contributed by atoms with Gasteiger partial charge in [-0.1, -0.05) is 35.5 Å². The van der Waals surface area contributed by atoms with E-state index in [0.29, 0.717) is 32.3 Å². The second kappa shape index (κ2) is 9.45. The number of fused-ring (bicyclic) bond motifs is 4. The molecule has 0 spiro atoms. The van der Waals surface area contributed by atoms with E-state index in [1.54, 1.807) is 37.4 Å². The Morgan fingerprint density at radius 1 is 1.11 bits per heavy atom. The van der Waals surface area contributed by atoms with Gasteiger partial charge in [0.1, 0.15) is 28.0 Å². The smallest absolute Gasteiger partial charge is 0.344 e. The number of para-hydroxylation sites is 1. The fourth-order valence-electron chi connectivity index (χ4n) is 4.56. The molecule has 1 atom stereocenters. The third-order valence-electron chi connectivity index (χ3n) is 6.33. The van der Waals surface area contributed by atoms with Crippen LogP contribution in [0.25, 0.3) is 21.9 Å². The molecule has 3 aromatic carbocycles. The van der Waals surface area contributed by atoms with Crippen molar-refractivity contribution in [1.82, 2.24) is 4.98 Å². The highest BCUT2D eigenvalue weighted by Crippen LogP contribution is 2.47. The molecule has 38 heavy (non-hydrogen) atoms. The summed E-state index contributed by atoms with van der Waals surface area (Å²) < 4.78 is 17.0. The van der Waals surface area contributed by atoms with Crippen LogP contribution in [0.4, 0.5) is 0 Å². The normalized spacial score (nSPS) is 14.7. The van der Waals surface area contributed by atoms with Gasteiger partial charge >= 0.3 is 5.63 Å². The van der Waals surface area contributed by atoms with Gasteiger partial charge in [0.05, 0.1) is 29.5 Å². The van der Waals surface area contributed by atoms with Crippen LogP contribution in [0.1, 0.15) is 17.0 Å². The second-order valence-electron chi connectivity index (χ2n) is 8.55. The summed E-state index contributed by atoms with van der Waals surface area (Å²) in [5.74, 6) is -0.0280. The Kier molecular flexibility index (Phi) is 5.95. The molecular formula is C29H18ClN3O4S. The van der Waals surface area contributed by atoms with Gasteiger partial charge in [0.15, 0.2) is 5.75 Å². The van der Waals surface area contributed by atoms with Crippen molar-refractivity contribution in [3.63, 3.8) is 0 Å². The number of pyridine rings is 1. The van der Waals surface area contributed by atoms with Crippen molar-refractivity contribution in [1.29, 1.82) is 5.26 Å². The lowest BCUT2D eigenvalue weighted by atomic mass is 9.84. The Balaban J connectivity index is 1.66. The molecule has 0 fully saturated rings. The molecule has 5 aromatic rings. The molecular weight excluding hydrogens is 522 g/mol. The van der Waals surface area contributed by atoms with Gasteiger partial charge in [-0.2, -0.15) is 5.26 Å². The number of nitrogens with two attached hydrogens (primary N) is 1. The van der Waals surface area contributed by atoms with Crippen molar-refractivity contribution in [3.05, 3.63) is 111 Å². The molecule has 0 saturated carbocycles. The van der Waals surface area contributed by atoms with Crippen molar-refractivity contribution in [2.75, 3.05) is 7.11 Å². The SMILES string of the molecule is COc1ccc2nc(Sc3ccc(Cl)cc3)c(C3C(C#N)=C(N)Oc4c3c(=O)oc3ccccc43)cc2c1. The summed E-state index contributed by atoms with van der Waals surface area (Å²) in [5, 5.41) is 12.7. The second-order valence-corrected chi connectivity index (χ2v) is 10.0. The predicted molar refractivity (Wildman–Crippen MR) is 146 cm³/mol. The lowest BCUT2D eigenvalue weighted by Gasteiger charge is -2.27. The average molecular weight is 540 g/mol. The van der Waals surface area contributed by atoms with E-state index in [4.69, 9.17) is 36.2 Å². The van der Waals surface area contributed by atoms with Gasteiger partial charge in [-0.3, -0.25) is 0 Å². The van der Waals surface area contributed by atoms with E-state index in [1.165, 1.54) is 11.8 Å². The molecule has 0 bridgehead atoms. The summed E-state index contributed by atoms with van der Waals surface area (Å²) in [7, 11) is 1.59. The van der Waals surface area contributed by atoms with Gasteiger partial charge in [0.2, 0.25) is 5.88 Å². The zero-order valence-corrected chi connectivity index (χ0v) is 21.5. The highest BCUT2D eigenvalue weighted by Gasteiger charge is 2.37. The number of halogens is 1. The van der Waals surface area contributed by atoms with Crippen molar-refractivity contribution in [2.24, 2.45) is 5.73 Å². The van der Waals surface area contributed by atoms with Gasteiger partial charge in [-0.15, -0.1) is 0 Å². The van der Waals surface area contributed by atoms with Crippen LogP contribution < -0.4 is 20.8 Å². The molecule has 0 radical (unpaired) electrons. The number of benzene rings is 3. The van der Waals surface area contributed by atoms with Gasteiger partial charge in [-0.25, -0.2) is 9.78 Å². The van der Waals surface area contributed by atoms with Gasteiger partial charge in [0.25, 0.3) is 0 Å². The summed E-state index contributed by atoms with van der Waals surface area (Å²) >= 11 is 7.49. The molecule has 6 rings (SSSR count). The third-order valence-corrected chi connectivity index (χ3v) is 7.61. The number of nitrogens with zero attached hydrogens (tertiary/aromatic N) is 2. The summed E-state index contributed by atoms with van der Waals surface area (Å²) in [5.41, 5.74) is 7.66. The molecule has 1 aliphatic heterocycles. The maximum atomic E-state index is 13.4. The number of hydrogen-bond donors (Lipinski definition) is 1. The summed E-state index contributed by atoms with van der Waals surface area (Å²) in [6, 6.07) is 24.0. The fraction of sp³-hybridized carbons (Fsp3) is 0.0690. The molecule has 186 valence electrons. The maximum Gasteiger partial charge on any atom is 0.344 e. The van der Waals surface area contributed by atoms with Gasteiger partial charge in [-0.05, 0) is 66.2 Å². The zero-order chi connectivity index (χ0) is 26.4. The van der Waals surface area contributed by atoms with Crippen LogP contribution in [0.2, 0.25) is 5.02 Å². The molecule has 1 aliphatic rings. The highest BCUT2D eigenvalue weighted by atomic mass is 35.5. The van der Waals surface area contributed by atoms with Gasteiger partial charge in [0, 0.05) is 15.3 Å². The maximum absolute atomic E-state index is 13.4. The molecule has 0 amide bonds. The van der Waals surface area contributed by atoms with E-state index < -0.39 is 11.5 Å². The zero-order valence-electron chi connectivity index (χ0n) is 19.9. The molecule has 0 aliphatic carbocycles. The lowest BCUT2D eigenvalue weighted by Crippen LogP contribution is -2.26. The van der Waals surface area contributed by atoms with E-state index in [1.807, 2.05) is 42.5 Å². The van der Waals surface area contributed by atoms with Crippen LogP contribution in [0.5, 0.6) is 11.5 Å². The summed E-state index contributed by atoms with van der Waals surface area (Å²) in [4.78, 5) is 19.2. The summed E-state index contributed by atoms with van der Waals surface area (Å²) in [6.45, 7) is 0. The number of allylic oxidation sites excluding steroid dienone is 1. The molecule has 0 saturated heterocycles. The first-order valence-corrected chi connectivity index (χ1v) is 12.7. The van der Waals surface area contributed by atoms with Crippen molar-refractivity contribution < 1.29 is 13.9 Å². The van der Waals surface area contributed by atoms with Crippen molar-refractivity contribution in [2.45, 2.75) is 15.8 Å². The summed E-state index contributed by atoms with van der Waals surface area (Å²) in [6.07, 6.45) is 0. The number of rotatable bonds is 4. The van der Waals surface area contributed by atoms with Crippen LogP contribution >= 0.6 is 23.4 Å². The average Bonchev–Trinajstić information content (AvgIpc) is 2.93. The van der Waals surface area contributed by atoms with Crippen molar-refractivity contribution >= 4 is 45.2 Å². The first kappa shape index (κ1) is 23.9. The van der Waals surface area contributed by atoms with E-state index in [9.17, 15) is 10.1 Å². The Labute approximate surface area is 226 Å². The molecule has 2 N–H and O–H groups in total. The van der Waals surface area contributed by atoms with Crippen LogP contribution in [0.3, 0.4) is 0 Å². The molecule has 9 heteroatoms. The molecule has 7 nitrogen and oxygen atoms in total. The quantitative estimate of drug-likeness (QED) is 0.262. The molecule has 2 aromatic heterocycles. The minimum absolute atomic E-state index is 0.0751. The number of nitriles is 1. The highest BCUT2D eigenvalue weighted by molar-refractivity contribution is 7.99. The number of methoxy groups -OCH3 is 1. The topological polar surface area (TPSA) is 111 Å². The Bertz CT molecular complexity index is 1880. The Hall–Kier alpha value is -4.45. The van der Waals surface area contributed by atoms with Crippen LogP contribution in [-0.2, 0) is 0 Å². The Morgan fingerprint density at radius 2 is 1.89 bits per heavy atom. The number of aromatic nitrogens is 1. The Morgan fingerprint density at radius 3 is 2.66 bits per heavy atom. The monoisotopic (exact) mass is 539 g/mol. The standard InChI is InChI=1S/C29H18ClN3O4S/c1-35-17-8-11-22-15(12-17)13-20(28(33-22)38-18-9-6-16(30)7-10-18)24-21(14-31)27(32)37-26-19-4-2-3-5-23(19)36-29(34)25(24)26/h2-13,24H,32H2,1H3. The van der Waals surface area contributed by atoms with Gasteiger partial charge < -0.3 is 19.6 Å². The van der Waals surface area contributed by atoms with E-state index in [-0.39, 0.29) is 22.8 Å². The van der Waals surface area contributed by atoms with E-state index in [0.717, 1.165) is 15.8 Å². The fourth-order valence-corrected chi connectivity index (χ4v) is 5.62. The first-order chi connectivity index (χ1) is 18.5. The lowest BCUT2D eigenvalue weighted by molar-refractivity contribution is 0.387. The van der Waals surface area contributed by atoms with Crippen LogP contribution in [-0.4, -0.2) is 12.1 Å². The molecule has 1 unspecified atom stereocenters. The number of ether oxygens (including phenoxy) is 2. The minimum Gasteiger partial charge on any atom is -0.497 e. The largest absolute Gasteiger partial charge is 0.497 e. The molecule has 3 heterocycles.